The highest BCUT2D eigenvalue weighted by Gasteiger charge is 2.26. The normalized spacial score (nSPS) is 17.3. The molecule has 1 aromatic carbocycles. The van der Waals surface area contributed by atoms with Gasteiger partial charge in [-0.3, -0.25) is 14.5 Å². The Hall–Kier alpha value is -2.85. The Bertz CT molecular complexity index is 793. The maximum Gasteiger partial charge on any atom is 0.413 e. The van der Waals surface area contributed by atoms with E-state index in [1.54, 1.807) is 25.1 Å². The molecule has 1 amide bonds. The van der Waals surface area contributed by atoms with Gasteiger partial charge in [0.15, 0.2) is 17.3 Å². The number of likely N-dealkylation sites (N-methyl/N-ethyl adjacent to an activating group) is 2. The number of benzene rings is 1. The molecule has 0 aromatic heterocycles. The Morgan fingerprint density at radius 1 is 1.10 bits per heavy atom. The highest BCUT2D eigenvalue weighted by Crippen LogP contribution is 2.33. The maximum atomic E-state index is 12.7. The van der Waals surface area contributed by atoms with E-state index in [0.717, 1.165) is 31.1 Å². The molecule has 1 aromatic rings. The minimum absolute atomic E-state index is 0.113. The van der Waals surface area contributed by atoms with Gasteiger partial charge in [0.2, 0.25) is 13.6 Å². The predicted octanol–water partition coefficient (Wildman–Crippen LogP) is 0.803. The summed E-state index contributed by atoms with van der Waals surface area (Å²) >= 11 is 0. The second kappa shape index (κ2) is 9.77. The van der Waals surface area contributed by atoms with Crippen LogP contribution in [-0.4, -0.2) is 99.0 Å². The van der Waals surface area contributed by atoms with Gasteiger partial charge in [-0.25, -0.2) is 4.79 Å². The molecule has 0 N–H and O–H groups in total. The average molecular weight is 421 g/mol. The molecule has 2 aliphatic rings. The smallest absolute Gasteiger partial charge is 0.413 e. The standard InChI is InChI=1S/C20H27N3O7/c1-14(19(25)15-4-5-16-17(10-15)28-12-27-16)22(3)20(26)30-13-29-18(24)11-23-8-6-21(2)7-9-23/h4-5,10,14H,6-9,11-13H2,1-3H3. The Morgan fingerprint density at radius 2 is 1.80 bits per heavy atom. The number of ketones is 1. The van der Waals surface area contributed by atoms with Crippen molar-refractivity contribution in [2.45, 2.75) is 13.0 Å². The fraction of sp³-hybridized carbons (Fsp3) is 0.550. The molecule has 1 saturated heterocycles. The van der Waals surface area contributed by atoms with Crippen LogP contribution in [0.1, 0.15) is 17.3 Å². The molecule has 164 valence electrons. The van der Waals surface area contributed by atoms with Crippen LogP contribution in [0.3, 0.4) is 0 Å². The third-order valence-corrected chi connectivity index (χ3v) is 5.26. The zero-order valence-electron chi connectivity index (χ0n) is 17.5. The first kappa shape index (κ1) is 21.8. The summed E-state index contributed by atoms with van der Waals surface area (Å²) in [5, 5.41) is 0. The van der Waals surface area contributed by atoms with Crippen molar-refractivity contribution in [3.8, 4) is 11.5 Å². The highest BCUT2D eigenvalue weighted by molar-refractivity contribution is 6.01. The minimum Gasteiger partial charge on any atom is -0.454 e. The van der Waals surface area contributed by atoms with Crippen molar-refractivity contribution < 1.29 is 33.3 Å². The summed E-state index contributed by atoms with van der Waals surface area (Å²) in [7, 11) is 3.48. The van der Waals surface area contributed by atoms with Gasteiger partial charge in [0, 0.05) is 38.8 Å². The summed E-state index contributed by atoms with van der Waals surface area (Å²) in [6, 6.07) is 4.07. The molecule has 2 aliphatic heterocycles. The largest absolute Gasteiger partial charge is 0.454 e. The zero-order valence-corrected chi connectivity index (χ0v) is 17.5. The van der Waals surface area contributed by atoms with Crippen LogP contribution >= 0.6 is 0 Å². The maximum absolute atomic E-state index is 12.7. The van der Waals surface area contributed by atoms with E-state index in [9.17, 15) is 14.4 Å². The van der Waals surface area contributed by atoms with Gasteiger partial charge in [0.1, 0.15) is 0 Å². The number of piperazine rings is 1. The number of amides is 1. The van der Waals surface area contributed by atoms with Crippen molar-refractivity contribution in [1.82, 2.24) is 14.7 Å². The Labute approximate surface area is 175 Å². The van der Waals surface area contributed by atoms with E-state index in [4.69, 9.17) is 18.9 Å². The number of fused-ring (bicyclic) bond motifs is 1. The van der Waals surface area contributed by atoms with E-state index < -0.39 is 24.9 Å². The van der Waals surface area contributed by atoms with Crippen LogP contribution in [0.2, 0.25) is 0 Å². The van der Waals surface area contributed by atoms with Crippen LogP contribution < -0.4 is 9.47 Å². The molecule has 0 bridgehead atoms. The number of esters is 1. The molecule has 0 radical (unpaired) electrons. The van der Waals surface area contributed by atoms with E-state index in [1.807, 2.05) is 11.9 Å². The minimum atomic E-state index is -0.779. The lowest BCUT2D eigenvalue weighted by Crippen LogP contribution is -2.46. The Kier molecular flexibility index (Phi) is 7.11. The van der Waals surface area contributed by atoms with Gasteiger partial charge in [0.25, 0.3) is 0 Å². The molecule has 1 unspecified atom stereocenters. The molecular formula is C20H27N3O7. The topological polar surface area (TPSA) is 97.8 Å². The summed E-state index contributed by atoms with van der Waals surface area (Å²) in [5.74, 6) is 0.329. The molecule has 30 heavy (non-hydrogen) atoms. The summed E-state index contributed by atoms with van der Waals surface area (Å²) in [5.41, 5.74) is 0.394. The molecule has 10 nitrogen and oxygen atoms in total. The molecule has 10 heteroatoms. The molecule has 3 rings (SSSR count). The van der Waals surface area contributed by atoms with E-state index in [-0.39, 0.29) is 19.1 Å². The van der Waals surface area contributed by atoms with E-state index in [2.05, 4.69) is 4.90 Å². The van der Waals surface area contributed by atoms with Gasteiger partial charge >= 0.3 is 12.1 Å². The van der Waals surface area contributed by atoms with Crippen LogP contribution in [0.4, 0.5) is 4.79 Å². The highest BCUT2D eigenvalue weighted by atomic mass is 16.7. The SMILES string of the molecule is CC(C(=O)c1ccc2c(c1)OCO2)N(C)C(=O)OCOC(=O)CN1CCN(C)CC1. The Balaban J connectivity index is 1.42. The number of ether oxygens (including phenoxy) is 4. The summed E-state index contributed by atoms with van der Waals surface area (Å²) in [6.07, 6.45) is -0.760. The van der Waals surface area contributed by atoms with Gasteiger partial charge in [0.05, 0.1) is 12.6 Å². The monoisotopic (exact) mass is 421 g/mol. The van der Waals surface area contributed by atoms with Crippen LogP contribution in [0.25, 0.3) is 0 Å². The molecule has 1 atom stereocenters. The van der Waals surface area contributed by atoms with Crippen LogP contribution in [0.15, 0.2) is 18.2 Å². The third kappa shape index (κ3) is 5.39. The summed E-state index contributed by atoms with van der Waals surface area (Å²) in [4.78, 5) is 42.1. The second-order valence-corrected chi connectivity index (χ2v) is 7.34. The lowest BCUT2D eigenvalue weighted by atomic mass is 10.0. The summed E-state index contributed by atoms with van der Waals surface area (Å²) < 4.78 is 20.5. The van der Waals surface area contributed by atoms with Crippen LogP contribution in [-0.2, 0) is 14.3 Å². The lowest BCUT2D eigenvalue weighted by Gasteiger charge is -2.31. The fourth-order valence-corrected chi connectivity index (χ4v) is 3.11. The predicted molar refractivity (Wildman–Crippen MR) is 105 cm³/mol. The molecular weight excluding hydrogens is 394 g/mol. The van der Waals surface area contributed by atoms with Crippen molar-refractivity contribution in [3.63, 3.8) is 0 Å². The summed E-state index contributed by atoms with van der Waals surface area (Å²) in [6.45, 7) is 4.71. The first-order chi connectivity index (χ1) is 14.3. The molecule has 2 heterocycles. The quantitative estimate of drug-likeness (QED) is 0.360. The first-order valence-corrected chi connectivity index (χ1v) is 9.75. The van der Waals surface area contributed by atoms with Gasteiger partial charge < -0.3 is 28.7 Å². The number of hydrogen-bond acceptors (Lipinski definition) is 9. The van der Waals surface area contributed by atoms with Gasteiger partial charge in [-0.05, 0) is 32.2 Å². The number of carbonyl (C=O) groups is 3. The third-order valence-electron chi connectivity index (χ3n) is 5.26. The molecule has 0 saturated carbocycles. The number of carbonyl (C=O) groups excluding carboxylic acids is 3. The molecule has 0 spiro atoms. The number of nitrogens with zero attached hydrogens (tertiary/aromatic N) is 3. The number of hydrogen-bond donors (Lipinski definition) is 0. The van der Waals surface area contributed by atoms with Crippen molar-refractivity contribution >= 4 is 17.8 Å². The second-order valence-electron chi connectivity index (χ2n) is 7.34. The van der Waals surface area contributed by atoms with E-state index in [1.165, 1.54) is 7.05 Å². The average Bonchev–Trinajstić information content (AvgIpc) is 3.21. The number of Topliss-reactive ketones (excluding diaryl/α,β-unsaturated/α-hetero) is 1. The van der Waals surface area contributed by atoms with Gasteiger partial charge in [-0.2, -0.15) is 0 Å². The fourth-order valence-electron chi connectivity index (χ4n) is 3.11. The molecule has 1 fully saturated rings. The van der Waals surface area contributed by atoms with Crippen molar-refractivity contribution in [3.05, 3.63) is 23.8 Å². The molecule has 0 aliphatic carbocycles. The van der Waals surface area contributed by atoms with Crippen LogP contribution in [0.5, 0.6) is 11.5 Å². The first-order valence-electron chi connectivity index (χ1n) is 9.75. The lowest BCUT2D eigenvalue weighted by molar-refractivity contribution is -0.154. The van der Waals surface area contributed by atoms with E-state index in [0.29, 0.717) is 17.1 Å². The number of rotatable bonds is 7. The van der Waals surface area contributed by atoms with Crippen molar-refractivity contribution in [1.29, 1.82) is 0 Å². The van der Waals surface area contributed by atoms with Gasteiger partial charge in [-0.15, -0.1) is 0 Å². The van der Waals surface area contributed by atoms with E-state index >= 15 is 0 Å². The zero-order chi connectivity index (χ0) is 21.7. The van der Waals surface area contributed by atoms with Crippen LogP contribution in [0, 0.1) is 0 Å². The Morgan fingerprint density at radius 3 is 2.53 bits per heavy atom. The van der Waals surface area contributed by atoms with Crippen molar-refractivity contribution in [2.75, 3.05) is 60.4 Å². The van der Waals surface area contributed by atoms with Crippen molar-refractivity contribution in [2.24, 2.45) is 0 Å². The van der Waals surface area contributed by atoms with Gasteiger partial charge in [-0.1, -0.05) is 0 Å².